The first-order chi connectivity index (χ1) is 5.04. The number of carboxylic acid groups (broad SMARTS) is 1. The van der Waals surface area contributed by atoms with Gasteiger partial charge in [0, 0.05) is 18.3 Å². The van der Waals surface area contributed by atoms with Gasteiger partial charge in [0.2, 0.25) is 0 Å². The fourth-order valence-electron chi connectivity index (χ4n) is 0.464. The Bertz CT molecular complexity index is 152. The molecule has 2 N–H and O–H groups in total. The number of hydrogen-bond donors (Lipinski definition) is 2. The van der Waals surface area contributed by atoms with E-state index in [1.54, 1.807) is 0 Å². The molecule has 0 aromatic carbocycles. The van der Waals surface area contributed by atoms with Crippen molar-refractivity contribution in [2.24, 2.45) is 5.92 Å². The van der Waals surface area contributed by atoms with Gasteiger partial charge in [-0.05, 0) is 12.8 Å². The van der Waals surface area contributed by atoms with Crippen molar-refractivity contribution < 1.29 is 9.90 Å². The lowest BCUT2D eigenvalue weighted by atomic mass is 10.1. The van der Waals surface area contributed by atoms with Gasteiger partial charge in [-0.2, -0.15) is 0 Å². The number of rotatable bonds is 4. The summed E-state index contributed by atoms with van der Waals surface area (Å²) in [5.41, 5.74) is 0. The van der Waals surface area contributed by atoms with Crippen molar-refractivity contribution in [1.29, 1.82) is 0 Å². The van der Waals surface area contributed by atoms with Gasteiger partial charge in [-0.3, -0.25) is 0 Å². The number of carbonyl (C=O) groups is 1. The van der Waals surface area contributed by atoms with E-state index in [0.29, 0.717) is 12.0 Å². The van der Waals surface area contributed by atoms with Gasteiger partial charge in [-0.25, -0.2) is 4.79 Å². The number of hydrogen-bond acceptors (Lipinski definition) is 2. The fraction of sp³-hybridized carbons (Fsp3) is 0.625. The second-order valence-corrected chi connectivity index (χ2v) is 2.87. The van der Waals surface area contributed by atoms with Gasteiger partial charge in [-0.15, -0.1) is 0 Å². The SMILES string of the molecule is CC(C)C(C)N/C=C/C(=O)O. The number of carboxylic acids is 1. The van der Waals surface area contributed by atoms with Crippen LogP contribution in [-0.2, 0) is 4.79 Å². The molecule has 0 saturated carbocycles. The molecular weight excluding hydrogens is 142 g/mol. The standard InChI is InChI=1S/C8H15NO2/c1-6(2)7(3)9-5-4-8(10)11/h4-7,9H,1-3H3,(H,10,11)/b5-4+. The van der Waals surface area contributed by atoms with E-state index >= 15 is 0 Å². The Morgan fingerprint density at radius 1 is 1.45 bits per heavy atom. The fourth-order valence-corrected chi connectivity index (χ4v) is 0.464. The van der Waals surface area contributed by atoms with Crippen LogP contribution in [0.5, 0.6) is 0 Å². The van der Waals surface area contributed by atoms with Gasteiger partial charge in [0.05, 0.1) is 0 Å². The molecule has 0 fully saturated rings. The van der Waals surface area contributed by atoms with E-state index in [1.165, 1.54) is 6.20 Å². The second-order valence-electron chi connectivity index (χ2n) is 2.87. The van der Waals surface area contributed by atoms with Crippen molar-refractivity contribution in [1.82, 2.24) is 5.32 Å². The topological polar surface area (TPSA) is 49.3 Å². The molecule has 0 aliphatic carbocycles. The third-order valence-electron chi connectivity index (χ3n) is 1.59. The average Bonchev–Trinajstić information content (AvgIpc) is 1.86. The maximum atomic E-state index is 10.0. The molecule has 0 amide bonds. The lowest BCUT2D eigenvalue weighted by molar-refractivity contribution is -0.131. The molecule has 0 heterocycles. The van der Waals surface area contributed by atoms with Crippen molar-refractivity contribution in [3.63, 3.8) is 0 Å². The van der Waals surface area contributed by atoms with E-state index < -0.39 is 5.97 Å². The van der Waals surface area contributed by atoms with E-state index in [2.05, 4.69) is 19.2 Å². The molecule has 0 aliphatic rings. The third kappa shape index (κ3) is 5.45. The predicted octanol–water partition coefficient (Wildman–Crippen LogP) is 1.22. The van der Waals surface area contributed by atoms with Crippen LogP contribution < -0.4 is 5.32 Å². The van der Waals surface area contributed by atoms with Crippen LogP contribution in [0.25, 0.3) is 0 Å². The van der Waals surface area contributed by atoms with Gasteiger partial charge < -0.3 is 10.4 Å². The van der Waals surface area contributed by atoms with Crippen LogP contribution in [0, 0.1) is 5.92 Å². The number of aliphatic carboxylic acids is 1. The van der Waals surface area contributed by atoms with E-state index in [9.17, 15) is 4.79 Å². The van der Waals surface area contributed by atoms with Crippen molar-refractivity contribution in [3.05, 3.63) is 12.3 Å². The van der Waals surface area contributed by atoms with Gasteiger partial charge >= 0.3 is 5.97 Å². The number of nitrogens with one attached hydrogen (secondary N) is 1. The minimum Gasteiger partial charge on any atom is -0.478 e. The largest absolute Gasteiger partial charge is 0.478 e. The van der Waals surface area contributed by atoms with E-state index in [4.69, 9.17) is 5.11 Å². The minimum atomic E-state index is -0.923. The first-order valence-corrected chi connectivity index (χ1v) is 3.69. The first-order valence-electron chi connectivity index (χ1n) is 3.69. The Labute approximate surface area is 67.1 Å². The molecule has 11 heavy (non-hydrogen) atoms. The van der Waals surface area contributed by atoms with E-state index in [0.717, 1.165) is 6.08 Å². The highest BCUT2D eigenvalue weighted by Gasteiger charge is 2.02. The molecule has 0 saturated heterocycles. The van der Waals surface area contributed by atoms with Crippen LogP contribution >= 0.6 is 0 Å². The lowest BCUT2D eigenvalue weighted by Crippen LogP contribution is -2.26. The van der Waals surface area contributed by atoms with Gasteiger partial charge in [0.1, 0.15) is 0 Å². The molecular formula is C8H15NO2. The summed E-state index contributed by atoms with van der Waals surface area (Å²) in [5, 5.41) is 11.2. The van der Waals surface area contributed by atoms with Crippen LogP contribution in [0.2, 0.25) is 0 Å². The zero-order valence-corrected chi connectivity index (χ0v) is 7.16. The Morgan fingerprint density at radius 3 is 2.36 bits per heavy atom. The Kier molecular flexibility index (Phi) is 4.34. The van der Waals surface area contributed by atoms with Crippen LogP contribution in [0.1, 0.15) is 20.8 Å². The lowest BCUT2D eigenvalue weighted by Gasteiger charge is -2.14. The minimum absolute atomic E-state index is 0.311. The zero-order chi connectivity index (χ0) is 8.85. The molecule has 0 aromatic heterocycles. The van der Waals surface area contributed by atoms with Gasteiger partial charge in [0.25, 0.3) is 0 Å². The maximum absolute atomic E-state index is 10.0. The predicted molar refractivity (Wildman–Crippen MR) is 44.2 cm³/mol. The zero-order valence-electron chi connectivity index (χ0n) is 7.16. The molecule has 0 radical (unpaired) electrons. The molecule has 3 heteroatoms. The summed E-state index contributed by atoms with van der Waals surface area (Å²) in [6.45, 7) is 6.16. The summed E-state index contributed by atoms with van der Waals surface area (Å²) in [4.78, 5) is 10.0. The molecule has 0 rings (SSSR count). The van der Waals surface area contributed by atoms with Crippen LogP contribution in [0.4, 0.5) is 0 Å². The van der Waals surface area contributed by atoms with Gasteiger partial charge in [0.15, 0.2) is 0 Å². The maximum Gasteiger partial charge on any atom is 0.329 e. The van der Waals surface area contributed by atoms with Crippen molar-refractivity contribution in [2.75, 3.05) is 0 Å². The highest BCUT2D eigenvalue weighted by atomic mass is 16.4. The van der Waals surface area contributed by atoms with E-state index in [1.807, 2.05) is 6.92 Å². The molecule has 0 spiro atoms. The quantitative estimate of drug-likeness (QED) is 0.603. The molecule has 0 aromatic rings. The second kappa shape index (κ2) is 4.77. The van der Waals surface area contributed by atoms with Crippen molar-refractivity contribution >= 4 is 5.97 Å². The molecule has 1 atom stereocenters. The third-order valence-corrected chi connectivity index (χ3v) is 1.59. The summed E-state index contributed by atoms with van der Waals surface area (Å²) < 4.78 is 0. The molecule has 0 aliphatic heterocycles. The summed E-state index contributed by atoms with van der Waals surface area (Å²) in [5.74, 6) is -0.415. The smallest absolute Gasteiger partial charge is 0.329 e. The van der Waals surface area contributed by atoms with Crippen molar-refractivity contribution in [3.8, 4) is 0 Å². The molecule has 1 unspecified atom stereocenters. The van der Waals surface area contributed by atoms with Crippen LogP contribution in [0.3, 0.4) is 0 Å². The Hall–Kier alpha value is -0.990. The van der Waals surface area contributed by atoms with E-state index in [-0.39, 0.29) is 0 Å². The summed E-state index contributed by atoms with van der Waals surface area (Å²) >= 11 is 0. The summed E-state index contributed by atoms with van der Waals surface area (Å²) in [7, 11) is 0. The monoisotopic (exact) mass is 157 g/mol. The first kappa shape index (κ1) is 10.0. The summed E-state index contributed by atoms with van der Waals surface area (Å²) in [6, 6.07) is 0.311. The normalized spacial score (nSPS) is 13.8. The van der Waals surface area contributed by atoms with Crippen LogP contribution in [-0.4, -0.2) is 17.1 Å². The Morgan fingerprint density at radius 2 is 2.00 bits per heavy atom. The molecule has 0 bridgehead atoms. The highest BCUT2D eigenvalue weighted by molar-refractivity contribution is 5.79. The summed E-state index contributed by atoms with van der Waals surface area (Å²) in [6.07, 6.45) is 2.56. The van der Waals surface area contributed by atoms with Gasteiger partial charge in [-0.1, -0.05) is 13.8 Å². The molecule has 64 valence electrons. The molecule has 3 nitrogen and oxygen atoms in total. The Balaban J connectivity index is 3.61. The highest BCUT2D eigenvalue weighted by Crippen LogP contribution is 1.98. The van der Waals surface area contributed by atoms with Crippen molar-refractivity contribution in [2.45, 2.75) is 26.8 Å². The van der Waals surface area contributed by atoms with Crippen LogP contribution in [0.15, 0.2) is 12.3 Å². The average molecular weight is 157 g/mol.